The summed E-state index contributed by atoms with van der Waals surface area (Å²) in [5.41, 5.74) is 7.48. The van der Waals surface area contributed by atoms with E-state index in [0.29, 0.717) is 6.04 Å². The molecule has 146 valence electrons. The molecule has 3 nitrogen and oxygen atoms in total. The predicted molar refractivity (Wildman–Crippen MR) is 122 cm³/mol. The first kappa shape index (κ1) is 20.1. The van der Waals surface area contributed by atoms with Gasteiger partial charge in [0.15, 0.2) is 0 Å². The number of nitrogens with zero attached hydrogens (tertiary/aromatic N) is 1. The molecule has 0 saturated heterocycles. The number of benzene rings is 2. The highest BCUT2D eigenvalue weighted by molar-refractivity contribution is 5.86. The summed E-state index contributed by atoms with van der Waals surface area (Å²) in [6, 6.07) is 18.0. The number of anilines is 1. The lowest BCUT2D eigenvalue weighted by molar-refractivity contribution is 0.704. The maximum atomic E-state index is 3.46. The monoisotopic (exact) mass is 373 g/mol. The van der Waals surface area contributed by atoms with Gasteiger partial charge >= 0.3 is 0 Å². The van der Waals surface area contributed by atoms with Crippen LogP contribution in [0.5, 0.6) is 0 Å². The van der Waals surface area contributed by atoms with Crippen molar-refractivity contribution in [2.75, 3.05) is 32.6 Å². The topological polar surface area (TPSA) is 27.3 Å². The first-order chi connectivity index (χ1) is 13.6. The van der Waals surface area contributed by atoms with Gasteiger partial charge in [0, 0.05) is 32.4 Å². The summed E-state index contributed by atoms with van der Waals surface area (Å²) in [6.07, 6.45) is 8.96. The van der Waals surface area contributed by atoms with Crippen molar-refractivity contribution in [1.29, 1.82) is 0 Å². The Hall–Kier alpha value is -2.62. The SMILES string of the molecule is CCNC1C=CC(=C(c2ccc(CNC)cc2)c2ccc(N(C)C)cc2)C=C1. The maximum absolute atomic E-state index is 3.46. The zero-order valence-corrected chi connectivity index (χ0v) is 17.4. The van der Waals surface area contributed by atoms with Crippen molar-refractivity contribution >= 4 is 11.3 Å². The predicted octanol–water partition coefficient (Wildman–Crippen LogP) is 4.38. The Balaban J connectivity index is 2.03. The van der Waals surface area contributed by atoms with Gasteiger partial charge in [-0.1, -0.05) is 67.6 Å². The Morgan fingerprint density at radius 2 is 1.46 bits per heavy atom. The number of hydrogen-bond donors (Lipinski definition) is 2. The molecule has 0 unspecified atom stereocenters. The molecule has 2 aromatic carbocycles. The quantitative estimate of drug-likeness (QED) is 0.754. The van der Waals surface area contributed by atoms with Crippen LogP contribution in [-0.2, 0) is 6.54 Å². The molecule has 0 aromatic heterocycles. The second kappa shape index (κ2) is 9.54. The smallest absolute Gasteiger partial charge is 0.0442 e. The highest BCUT2D eigenvalue weighted by atomic mass is 15.1. The van der Waals surface area contributed by atoms with Gasteiger partial charge in [0.2, 0.25) is 0 Å². The minimum absolute atomic E-state index is 0.309. The maximum Gasteiger partial charge on any atom is 0.0442 e. The van der Waals surface area contributed by atoms with Gasteiger partial charge < -0.3 is 15.5 Å². The van der Waals surface area contributed by atoms with Gasteiger partial charge in [-0.05, 0) is 53.6 Å². The van der Waals surface area contributed by atoms with E-state index in [4.69, 9.17) is 0 Å². The van der Waals surface area contributed by atoms with E-state index in [-0.39, 0.29) is 0 Å². The number of hydrogen-bond acceptors (Lipinski definition) is 3. The van der Waals surface area contributed by atoms with Crippen molar-refractivity contribution in [1.82, 2.24) is 10.6 Å². The molecule has 0 atom stereocenters. The normalized spacial score (nSPS) is 15.7. The summed E-state index contributed by atoms with van der Waals surface area (Å²) in [6.45, 7) is 3.98. The standard InChI is InChI=1S/C25H31N3/c1-5-27-23-14-10-21(11-15-23)25(20-8-6-19(7-9-20)18-26-2)22-12-16-24(17-13-22)28(3)4/h6-17,23,26-27H,5,18H2,1-4H3. The van der Waals surface area contributed by atoms with E-state index in [1.165, 1.54) is 33.5 Å². The molecular weight excluding hydrogens is 342 g/mol. The molecule has 1 aliphatic rings. The molecule has 0 amide bonds. The fourth-order valence-electron chi connectivity index (χ4n) is 3.49. The van der Waals surface area contributed by atoms with Gasteiger partial charge in [-0.15, -0.1) is 0 Å². The summed E-state index contributed by atoms with van der Waals surface area (Å²) in [5.74, 6) is 0. The van der Waals surface area contributed by atoms with Crippen LogP contribution in [0.1, 0.15) is 23.6 Å². The van der Waals surface area contributed by atoms with Crippen LogP contribution in [-0.4, -0.2) is 33.7 Å². The summed E-state index contributed by atoms with van der Waals surface area (Å²) in [7, 11) is 6.12. The molecular formula is C25H31N3. The third kappa shape index (κ3) is 4.80. The Bertz CT molecular complexity index is 840. The van der Waals surface area contributed by atoms with Crippen molar-refractivity contribution in [3.05, 3.63) is 95.1 Å². The van der Waals surface area contributed by atoms with Gasteiger partial charge in [0.25, 0.3) is 0 Å². The van der Waals surface area contributed by atoms with Crippen molar-refractivity contribution in [3.8, 4) is 0 Å². The van der Waals surface area contributed by atoms with Crippen LogP contribution in [0.3, 0.4) is 0 Å². The van der Waals surface area contributed by atoms with Crippen LogP contribution in [0.25, 0.3) is 5.57 Å². The lowest BCUT2D eigenvalue weighted by atomic mass is 9.90. The molecule has 28 heavy (non-hydrogen) atoms. The van der Waals surface area contributed by atoms with Gasteiger partial charge in [-0.3, -0.25) is 0 Å². The van der Waals surface area contributed by atoms with E-state index in [2.05, 4.69) is 109 Å². The Labute approximate surface area is 169 Å². The van der Waals surface area contributed by atoms with Crippen LogP contribution in [0, 0.1) is 0 Å². The molecule has 0 radical (unpaired) electrons. The van der Waals surface area contributed by atoms with Gasteiger partial charge in [-0.25, -0.2) is 0 Å². The molecule has 2 aromatic rings. The molecule has 0 saturated carbocycles. The minimum atomic E-state index is 0.309. The average Bonchev–Trinajstić information content (AvgIpc) is 2.72. The van der Waals surface area contributed by atoms with Crippen LogP contribution in [0.2, 0.25) is 0 Å². The third-order valence-corrected chi connectivity index (χ3v) is 4.99. The van der Waals surface area contributed by atoms with Gasteiger partial charge in [0.05, 0.1) is 0 Å². The number of likely N-dealkylation sites (N-methyl/N-ethyl adjacent to an activating group) is 1. The van der Waals surface area contributed by atoms with E-state index in [9.17, 15) is 0 Å². The van der Waals surface area contributed by atoms with E-state index >= 15 is 0 Å². The number of nitrogens with one attached hydrogen (secondary N) is 2. The average molecular weight is 374 g/mol. The molecule has 0 fully saturated rings. The largest absolute Gasteiger partial charge is 0.378 e. The number of rotatable bonds is 7. The van der Waals surface area contributed by atoms with Crippen LogP contribution in [0.15, 0.2) is 78.4 Å². The summed E-state index contributed by atoms with van der Waals surface area (Å²) in [5, 5.41) is 6.67. The molecule has 1 aliphatic carbocycles. The summed E-state index contributed by atoms with van der Waals surface area (Å²) in [4.78, 5) is 2.13. The van der Waals surface area contributed by atoms with Crippen LogP contribution < -0.4 is 15.5 Å². The van der Waals surface area contributed by atoms with Crippen LogP contribution >= 0.6 is 0 Å². The third-order valence-electron chi connectivity index (χ3n) is 4.99. The Morgan fingerprint density at radius 1 is 0.893 bits per heavy atom. The molecule has 2 N–H and O–H groups in total. The first-order valence-corrected chi connectivity index (χ1v) is 9.98. The van der Waals surface area contributed by atoms with Crippen LogP contribution in [0.4, 0.5) is 5.69 Å². The lowest BCUT2D eigenvalue weighted by Gasteiger charge is -2.19. The van der Waals surface area contributed by atoms with Gasteiger partial charge in [0.1, 0.15) is 0 Å². The Kier molecular flexibility index (Phi) is 6.85. The fraction of sp³-hybridized carbons (Fsp3) is 0.280. The van der Waals surface area contributed by atoms with E-state index < -0.39 is 0 Å². The molecule has 3 heteroatoms. The van der Waals surface area contributed by atoms with Crippen molar-refractivity contribution in [2.24, 2.45) is 0 Å². The van der Waals surface area contributed by atoms with Crippen molar-refractivity contribution in [3.63, 3.8) is 0 Å². The zero-order valence-electron chi connectivity index (χ0n) is 17.4. The lowest BCUT2D eigenvalue weighted by Crippen LogP contribution is -2.25. The summed E-state index contributed by atoms with van der Waals surface area (Å²) >= 11 is 0. The second-order valence-electron chi connectivity index (χ2n) is 7.30. The highest BCUT2D eigenvalue weighted by Gasteiger charge is 2.13. The van der Waals surface area contributed by atoms with E-state index in [1.807, 2.05) is 7.05 Å². The summed E-state index contributed by atoms with van der Waals surface area (Å²) < 4.78 is 0. The molecule has 0 spiro atoms. The van der Waals surface area contributed by atoms with E-state index in [0.717, 1.165) is 13.1 Å². The first-order valence-electron chi connectivity index (χ1n) is 9.98. The van der Waals surface area contributed by atoms with Crippen molar-refractivity contribution in [2.45, 2.75) is 19.5 Å². The molecule has 0 bridgehead atoms. The number of allylic oxidation sites excluding steroid dienone is 3. The minimum Gasteiger partial charge on any atom is -0.378 e. The zero-order chi connectivity index (χ0) is 19.9. The second-order valence-corrected chi connectivity index (χ2v) is 7.30. The molecule has 3 rings (SSSR count). The van der Waals surface area contributed by atoms with Gasteiger partial charge in [-0.2, -0.15) is 0 Å². The molecule has 0 heterocycles. The molecule has 0 aliphatic heterocycles. The fourth-order valence-corrected chi connectivity index (χ4v) is 3.49. The van der Waals surface area contributed by atoms with Crippen molar-refractivity contribution < 1.29 is 0 Å². The van der Waals surface area contributed by atoms with E-state index in [1.54, 1.807) is 0 Å². The highest BCUT2D eigenvalue weighted by Crippen LogP contribution is 2.31. The Morgan fingerprint density at radius 3 is 1.96 bits per heavy atom.